The summed E-state index contributed by atoms with van der Waals surface area (Å²) < 4.78 is 7.55. The fourth-order valence-corrected chi connectivity index (χ4v) is 2.73. The quantitative estimate of drug-likeness (QED) is 0.727. The highest BCUT2D eigenvalue weighted by molar-refractivity contribution is 5.73. The molecule has 1 aromatic rings. The van der Waals surface area contributed by atoms with E-state index < -0.39 is 0 Å². The molecule has 7 heteroatoms. The average molecular weight is 309 g/mol. The number of nitrogens with one attached hydrogen (secondary N) is 2. The Balaban J connectivity index is 1.50. The molecule has 1 fully saturated rings. The van der Waals surface area contributed by atoms with Gasteiger partial charge in [-0.2, -0.15) is 5.10 Å². The number of ether oxygens (including phenoxy) is 1. The van der Waals surface area contributed by atoms with Gasteiger partial charge in [0.2, 0.25) is 0 Å². The van der Waals surface area contributed by atoms with Crippen molar-refractivity contribution in [1.29, 1.82) is 0 Å². The highest BCUT2D eigenvalue weighted by atomic mass is 16.5. The number of morpholine rings is 1. The van der Waals surface area contributed by atoms with Crippen molar-refractivity contribution in [3.63, 3.8) is 0 Å². The first-order valence-corrected chi connectivity index (χ1v) is 8.00. The first kappa shape index (κ1) is 16.8. The highest BCUT2D eigenvalue weighted by Crippen LogP contribution is 2.09. The number of urea groups is 1. The maximum absolute atomic E-state index is 11.7. The zero-order valence-electron chi connectivity index (χ0n) is 13.5. The van der Waals surface area contributed by atoms with E-state index in [1.54, 1.807) is 6.20 Å². The molecule has 1 aliphatic rings. The van der Waals surface area contributed by atoms with Gasteiger partial charge >= 0.3 is 6.03 Å². The molecule has 124 valence electrons. The molecule has 0 spiro atoms. The molecular weight excluding hydrogens is 282 g/mol. The van der Waals surface area contributed by atoms with Crippen molar-refractivity contribution in [2.45, 2.75) is 39.0 Å². The first-order chi connectivity index (χ1) is 10.6. The Morgan fingerprint density at radius 1 is 1.23 bits per heavy atom. The predicted molar refractivity (Wildman–Crippen MR) is 84.7 cm³/mol. The van der Waals surface area contributed by atoms with Crippen molar-refractivity contribution in [2.75, 3.05) is 32.7 Å². The fourth-order valence-electron chi connectivity index (χ4n) is 2.73. The van der Waals surface area contributed by atoms with Crippen LogP contribution < -0.4 is 10.6 Å². The second-order valence-corrected chi connectivity index (χ2v) is 5.82. The summed E-state index contributed by atoms with van der Waals surface area (Å²) in [5, 5.41) is 9.88. The Labute approximate surface area is 132 Å². The van der Waals surface area contributed by atoms with Crippen LogP contribution in [0.3, 0.4) is 0 Å². The van der Waals surface area contributed by atoms with Gasteiger partial charge in [0.05, 0.1) is 12.2 Å². The van der Waals surface area contributed by atoms with E-state index in [1.165, 1.54) is 0 Å². The number of hydrogen-bond acceptors (Lipinski definition) is 4. The number of carbonyl (C=O) groups is 1. The molecule has 0 radical (unpaired) electrons. The van der Waals surface area contributed by atoms with Crippen molar-refractivity contribution < 1.29 is 9.53 Å². The van der Waals surface area contributed by atoms with E-state index in [-0.39, 0.29) is 18.2 Å². The lowest BCUT2D eigenvalue weighted by Crippen LogP contribution is -2.48. The summed E-state index contributed by atoms with van der Waals surface area (Å²) in [5.74, 6) is 0. The number of aryl methyl sites for hydroxylation is 1. The van der Waals surface area contributed by atoms with Crippen LogP contribution >= 0.6 is 0 Å². The molecule has 0 unspecified atom stereocenters. The molecule has 1 aromatic heterocycles. The minimum atomic E-state index is -0.102. The smallest absolute Gasteiger partial charge is 0.314 e. The minimum absolute atomic E-state index is 0.102. The fraction of sp³-hybridized carbons (Fsp3) is 0.733. The number of nitrogens with zero attached hydrogens (tertiary/aromatic N) is 3. The Bertz CT molecular complexity index is 427. The lowest BCUT2D eigenvalue weighted by molar-refractivity contribution is -0.0672. The first-order valence-electron chi connectivity index (χ1n) is 8.00. The highest BCUT2D eigenvalue weighted by Gasteiger charge is 2.21. The topological polar surface area (TPSA) is 71.4 Å². The lowest BCUT2D eigenvalue weighted by atomic mass is 10.2. The monoisotopic (exact) mass is 309 g/mol. The summed E-state index contributed by atoms with van der Waals surface area (Å²) in [6.07, 6.45) is 5.07. The van der Waals surface area contributed by atoms with Gasteiger partial charge in [-0.3, -0.25) is 9.58 Å². The summed E-state index contributed by atoms with van der Waals surface area (Å²) in [5.41, 5.74) is 0. The molecule has 0 aliphatic carbocycles. The third kappa shape index (κ3) is 6.03. The molecule has 2 rings (SSSR count). The maximum atomic E-state index is 11.7. The van der Waals surface area contributed by atoms with E-state index in [0.29, 0.717) is 13.1 Å². The van der Waals surface area contributed by atoms with E-state index >= 15 is 0 Å². The zero-order valence-corrected chi connectivity index (χ0v) is 13.5. The van der Waals surface area contributed by atoms with Gasteiger partial charge in [0.25, 0.3) is 0 Å². The average Bonchev–Trinajstić information content (AvgIpc) is 2.96. The van der Waals surface area contributed by atoms with Crippen LogP contribution in [-0.2, 0) is 11.3 Å². The van der Waals surface area contributed by atoms with E-state index in [2.05, 4.69) is 34.5 Å². The van der Waals surface area contributed by atoms with Crippen molar-refractivity contribution in [3.05, 3.63) is 18.5 Å². The second kappa shape index (κ2) is 8.75. The molecule has 2 heterocycles. The molecular formula is C15H27N5O2. The number of carbonyl (C=O) groups excluding carboxylic acids is 1. The van der Waals surface area contributed by atoms with Crippen LogP contribution in [0.1, 0.15) is 20.3 Å². The van der Waals surface area contributed by atoms with Crippen molar-refractivity contribution in [2.24, 2.45) is 0 Å². The van der Waals surface area contributed by atoms with Crippen LogP contribution in [0.5, 0.6) is 0 Å². The van der Waals surface area contributed by atoms with Crippen LogP contribution in [0.4, 0.5) is 4.79 Å². The van der Waals surface area contributed by atoms with Crippen molar-refractivity contribution >= 4 is 6.03 Å². The normalized spacial score (nSPS) is 22.5. The largest absolute Gasteiger partial charge is 0.373 e. The number of aromatic nitrogens is 2. The minimum Gasteiger partial charge on any atom is -0.373 e. The third-order valence-electron chi connectivity index (χ3n) is 3.62. The van der Waals surface area contributed by atoms with Gasteiger partial charge in [-0.05, 0) is 26.3 Å². The summed E-state index contributed by atoms with van der Waals surface area (Å²) in [7, 11) is 0. The van der Waals surface area contributed by atoms with Gasteiger partial charge in [-0.25, -0.2) is 4.79 Å². The van der Waals surface area contributed by atoms with Crippen molar-refractivity contribution in [1.82, 2.24) is 25.3 Å². The lowest BCUT2D eigenvalue weighted by Gasteiger charge is -2.35. The molecule has 1 aliphatic heterocycles. The molecule has 1 saturated heterocycles. The Morgan fingerprint density at radius 3 is 2.64 bits per heavy atom. The zero-order chi connectivity index (χ0) is 15.8. The van der Waals surface area contributed by atoms with Gasteiger partial charge < -0.3 is 15.4 Å². The van der Waals surface area contributed by atoms with E-state index in [9.17, 15) is 4.79 Å². The van der Waals surface area contributed by atoms with Crippen LogP contribution in [-0.4, -0.2) is 65.6 Å². The second-order valence-electron chi connectivity index (χ2n) is 5.82. The standard InChI is InChI=1S/C15H27N5O2/c1-13-11-19(12-14(2)22-13)10-7-17-15(21)16-5-3-8-20-9-4-6-18-20/h4,6,9,13-14H,3,5,7-8,10-12H2,1-2H3,(H2,16,17,21)/t13-,14-/m1/s1. The number of rotatable bonds is 7. The molecule has 2 N–H and O–H groups in total. The van der Waals surface area contributed by atoms with Gasteiger partial charge in [0.15, 0.2) is 0 Å². The van der Waals surface area contributed by atoms with E-state index in [0.717, 1.165) is 32.6 Å². The van der Waals surface area contributed by atoms with Crippen LogP contribution in [0, 0.1) is 0 Å². The van der Waals surface area contributed by atoms with Gasteiger partial charge in [-0.15, -0.1) is 0 Å². The van der Waals surface area contributed by atoms with Crippen LogP contribution in [0.2, 0.25) is 0 Å². The van der Waals surface area contributed by atoms with E-state index in [4.69, 9.17) is 4.74 Å². The molecule has 0 saturated carbocycles. The van der Waals surface area contributed by atoms with Gasteiger partial charge in [0, 0.05) is 51.7 Å². The molecule has 0 aromatic carbocycles. The predicted octanol–water partition coefficient (Wildman–Crippen LogP) is 0.682. The third-order valence-corrected chi connectivity index (χ3v) is 3.62. The summed E-state index contributed by atoms with van der Waals surface area (Å²) >= 11 is 0. The summed E-state index contributed by atoms with van der Waals surface area (Å²) in [4.78, 5) is 14.0. The Hall–Kier alpha value is -1.60. The Morgan fingerprint density at radius 2 is 1.95 bits per heavy atom. The SMILES string of the molecule is C[C@@H]1CN(CCNC(=O)NCCCn2cccn2)C[C@@H](C)O1. The van der Waals surface area contributed by atoms with Gasteiger partial charge in [0.1, 0.15) is 0 Å². The molecule has 0 bridgehead atoms. The van der Waals surface area contributed by atoms with Gasteiger partial charge in [-0.1, -0.05) is 0 Å². The number of hydrogen-bond donors (Lipinski definition) is 2. The molecule has 7 nitrogen and oxygen atoms in total. The van der Waals surface area contributed by atoms with Crippen LogP contribution in [0.25, 0.3) is 0 Å². The van der Waals surface area contributed by atoms with E-state index in [1.807, 2.05) is 16.9 Å². The summed E-state index contributed by atoms with van der Waals surface area (Å²) in [6, 6.07) is 1.79. The molecule has 2 amide bonds. The molecule has 2 atom stereocenters. The number of amides is 2. The van der Waals surface area contributed by atoms with Crippen LogP contribution in [0.15, 0.2) is 18.5 Å². The molecule has 22 heavy (non-hydrogen) atoms. The Kier molecular flexibility index (Phi) is 6.67. The van der Waals surface area contributed by atoms with Crippen molar-refractivity contribution in [3.8, 4) is 0 Å². The summed E-state index contributed by atoms with van der Waals surface area (Å²) in [6.45, 7) is 9.01. The maximum Gasteiger partial charge on any atom is 0.314 e.